The zero-order valence-corrected chi connectivity index (χ0v) is 15.6. The third-order valence-corrected chi connectivity index (χ3v) is 4.50. The van der Waals surface area contributed by atoms with Crippen LogP contribution in [0.4, 0.5) is 11.8 Å². The molecule has 2 N–H and O–H groups in total. The van der Waals surface area contributed by atoms with Crippen LogP contribution < -0.4 is 15.5 Å². The highest BCUT2D eigenvalue weighted by Gasteiger charge is 2.19. The van der Waals surface area contributed by atoms with Crippen LogP contribution in [0.15, 0.2) is 30.6 Å². The summed E-state index contributed by atoms with van der Waals surface area (Å²) in [5, 5.41) is 6.98. The molecule has 6 nitrogen and oxygen atoms in total. The van der Waals surface area contributed by atoms with E-state index in [1.807, 2.05) is 12.1 Å². The van der Waals surface area contributed by atoms with Gasteiger partial charge in [-0.1, -0.05) is 24.6 Å². The maximum absolute atomic E-state index is 6.17. The summed E-state index contributed by atoms with van der Waals surface area (Å²) >= 11 is 11.5. The summed E-state index contributed by atoms with van der Waals surface area (Å²) in [6.07, 6.45) is 5.95. The van der Waals surface area contributed by atoms with Gasteiger partial charge in [-0.05, 0) is 42.6 Å². The molecule has 1 fully saturated rings. The van der Waals surface area contributed by atoms with Gasteiger partial charge in [-0.15, -0.1) is 0 Å². The van der Waals surface area contributed by atoms with Crippen molar-refractivity contribution >= 4 is 40.7 Å². The van der Waals surface area contributed by atoms with Gasteiger partial charge in [0.15, 0.2) is 5.11 Å². The Morgan fingerprint density at radius 2 is 2.32 bits per heavy atom. The van der Waals surface area contributed by atoms with Gasteiger partial charge in [0.2, 0.25) is 5.95 Å². The molecule has 2 aromatic rings. The van der Waals surface area contributed by atoms with Gasteiger partial charge in [-0.2, -0.15) is 4.98 Å². The third kappa shape index (κ3) is 5.24. The molecular formula is C17H21ClN6S. The summed E-state index contributed by atoms with van der Waals surface area (Å²) in [5.41, 5.74) is 1.04. The standard InChI is InChI=1S/C17H21ClN6S/c1-12-4-3-7-24(11-12)15-8-14(18)21-16(22-15)23-17(25)20-10-13-5-2-6-19-9-13/h2,5-6,8-9,12H,3-4,7,10-11H2,1H3,(H2,20,21,22,23,25)/t12-/m0/s1. The zero-order chi connectivity index (χ0) is 17.6. The second-order valence-electron chi connectivity index (χ2n) is 6.23. The monoisotopic (exact) mass is 376 g/mol. The lowest BCUT2D eigenvalue weighted by Gasteiger charge is -2.32. The van der Waals surface area contributed by atoms with Crippen molar-refractivity contribution in [2.45, 2.75) is 26.3 Å². The van der Waals surface area contributed by atoms with Gasteiger partial charge < -0.3 is 15.5 Å². The van der Waals surface area contributed by atoms with Crippen LogP contribution in [0.5, 0.6) is 0 Å². The molecule has 132 valence electrons. The number of hydrogen-bond acceptors (Lipinski definition) is 5. The number of thiocarbonyl (C=S) groups is 1. The average Bonchev–Trinajstić information content (AvgIpc) is 2.60. The van der Waals surface area contributed by atoms with E-state index in [0.717, 1.165) is 30.9 Å². The van der Waals surface area contributed by atoms with E-state index in [4.69, 9.17) is 23.8 Å². The Balaban J connectivity index is 1.62. The molecule has 0 bridgehead atoms. The van der Waals surface area contributed by atoms with Crippen molar-refractivity contribution in [1.82, 2.24) is 20.3 Å². The van der Waals surface area contributed by atoms with Gasteiger partial charge in [-0.25, -0.2) is 4.98 Å². The van der Waals surface area contributed by atoms with Crippen LogP contribution in [0.3, 0.4) is 0 Å². The van der Waals surface area contributed by atoms with E-state index in [0.29, 0.717) is 28.7 Å². The van der Waals surface area contributed by atoms with Crippen LogP contribution in [-0.2, 0) is 6.54 Å². The predicted molar refractivity (Wildman–Crippen MR) is 105 cm³/mol. The number of nitrogens with zero attached hydrogens (tertiary/aromatic N) is 4. The highest BCUT2D eigenvalue weighted by atomic mass is 35.5. The first-order valence-electron chi connectivity index (χ1n) is 8.33. The molecule has 1 aliphatic heterocycles. The summed E-state index contributed by atoms with van der Waals surface area (Å²) in [5.74, 6) is 1.90. The van der Waals surface area contributed by atoms with Crippen molar-refractivity contribution in [3.8, 4) is 0 Å². The Labute approximate surface area is 158 Å². The van der Waals surface area contributed by atoms with Crippen molar-refractivity contribution in [3.63, 3.8) is 0 Å². The van der Waals surface area contributed by atoms with E-state index in [1.165, 1.54) is 6.42 Å². The van der Waals surface area contributed by atoms with E-state index >= 15 is 0 Å². The number of anilines is 2. The van der Waals surface area contributed by atoms with Gasteiger partial charge in [0.25, 0.3) is 0 Å². The third-order valence-electron chi connectivity index (χ3n) is 4.06. The van der Waals surface area contributed by atoms with E-state index in [1.54, 1.807) is 18.5 Å². The van der Waals surface area contributed by atoms with Crippen LogP contribution in [0, 0.1) is 5.92 Å². The number of hydrogen-bond donors (Lipinski definition) is 2. The molecule has 2 aromatic heterocycles. The van der Waals surface area contributed by atoms with Gasteiger partial charge >= 0.3 is 0 Å². The molecule has 3 rings (SSSR count). The highest BCUT2D eigenvalue weighted by Crippen LogP contribution is 2.24. The maximum atomic E-state index is 6.17. The zero-order valence-electron chi connectivity index (χ0n) is 14.1. The topological polar surface area (TPSA) is 66.0 Å². The first kappa shape index (κ1) is 17.8. The molecule has 0 unspecified atom stereocenters. The molecule has 0 saturated carbocycles. The van der Waals surface area contributed by atoms with E-state index in [9.17, 15) is 0 Å². The van der Waals surface area contributed by atoms with E-state index < -0.39 is 0 Å². The van der Waals surface area contributed by atoms with Crippen LogP contribution in [-0.4, -0.2) is 33.2 Å². The maximum Gasteiger partial charge on any atom is 0.232 e. The minimum absolute atomic E-state index is 0.404. The van der Waals surface area contributed by atoms with Crippen LogP contribution in [0.2, 0.25) is 5.15 Å². The van der Waals surface area contributed by atoms with Crippen LogP contribution in [0.25, 0.3) is 0 Å². The van der Waals surface area contributed by atoms with Crippen LogP contribution >= 0.6 is 23.8 Å². The molecule has 0 aliphatic carbocycles. The fraction of sp³-hybridized carbons (Fsp3) is 0.412. The summed E-state index contributed by atoms with van der Waals surface area (Å²) in [7, 11) is 0. The van der Waals surface area contributed by atoms with E-state index in [-0.39, 0.29) is 0 Å². The molecule has 0 amide bonds. The molecule has 1 saturated heterocycles. The molecule has 0 radical (unpaired) electrons. The molecule has 25 heavy (non-hydrogen) atoms. The fourth-order valence-corrected chi connectivity index (χ4v) is 3.19. The highest BCUT2D eigenvalue weighted by molar-refractivity contribution is 7.80. The average molecular weight is 377 g/mol. The van der Waals surface area contributed by atoms with Crippen molar-refractivity contribution in [1.29, 1.82) is 0 Å². The summed E-state index contributed by atoms with van der Waals surface area (Å²) in [6, 6.07) is 5.67. The van der Waals surface area contributed by atoms with Gasteiger partial charge in [0.1, 0.15) is 11.0 Å². The molecule has 0 aromatic carbocycles. The molecule has 1 aliphatic rings. The van der Waals surface area contributed by atoms with Crippen molar-refractivity contribution in [3.05, 3.63) is 41.3 Å². The fourth-order valence-electron chi connectivity index (χ4n) is 2.85. The van der Waals surface area contributed by atoms with Gasteiger partial charge in [-0.3, -0.25) is 4.98 Å². The van der Waals surface area contributed by atoms with Crippen molar-refractivity contribution < 1.29 is 0 Å². The van der Waals surface area contributed by atoms with E-state index in [2.05, 4.69) is 37.4 Å². The Kier molecular flexibility index (Phi) is 5.99. The minimum Gasteiger partial charge on any atom is -0.358 e. The number of rotatable bonds is 4. The number of pyridine rings is 1. The molecule has 0 spiro atoms. The number of nitrogens with one attached hydrogen (secondary N) is 2. The number of piperidine rings is 1. The summed E-state index contributed by atoms with van der Waals surface area (Å²) < 4.78 is 0. The quantitative estimate of drug-likeness (QED) is 0.627. The smallest absolute Gasteiger partial charge is 0.232 e. The first-order valence-corrected chi connectivity index (χ1v) is 9.12. The first-order chi connectivity index (χ1) is 12.1. The molecular weight excluding hydrogens is 356 g/mol. The summed E-state index contributed by atoms with van der Waals surface area (Å²) in [6.45, 7) is 4.81. The Hall–Kier alpha value is -1.99. The Bertz CT molecular complexity index is 726. The largest absolute Gasteiger partial charge is 0.358 e. The second-order valence-corrected chi connectivity index (χ2v) is 7.03. The van der Waals surface area contributed by atoms with Crippen molar-refractivity contribution in [2.24, 2.45) is 5.92 Å². The normalized spacial score (nSPS) is 17.2. The lowest BCUT2D eigenvalue weighted by atomic mass is 10.0. The van der Waals surface area contributed by atoms with Gasteiger partial charge in [0.05, 0.1) is 0 Å². The molecule has 8 heteroatoms. The van der Waals surface area contributed by atoms with Crippen molar-refractivity contribution in [2.75, 3.05) is 23.3 Å². The predicted octanol–water partition coefficient (Wildman–Crippen LogP) is 3.25. The van der Waals surface area contributed by atoms with Crippen LogP contribution in [0.1, 0.15) is 25.3 Å². The number of halogens is 1. The number of aromatic nitrogens is 3. The molecule has 3 heterocycles. The Morgan fingerprint density at radius 1 is 1.44 bits per heavy atom. The lowest BCUT2D eigenvalue weighted by molar-refractivity contribution is 0.444. The van der Waals surface area contributed by atoms with Gasteiger partial charge in [0, 0.05) is 38.1 Å². The summed E-state index contributed by atoms with van der Waals surface area (Å²) in [4.78, 5) is 15.1. The SMILES string of the molecule is C[C@H]1CCCN(c2cc(Cl)nc(NC(=S)NCc3cccnc3)n2)C1. The lowest BCUT2D eigenvalue weighted by Crippen LogP contribution is -2.35. The Morgan fingerprint density at radius 3 is 3.08 bits per heavy atom. The second kappa shape index (κ2) is 8.40. The molecule has 1 atom stereocenters. The minimum atomic E-state index is 0.404.